The minimum atomic E-state index is -4.29. The van der Waals surface area contributed by atoms with Crippen molar-refractivity contribution in [3.8, 4) is 0 Å². The Morgan fingerprint density at radius 3 is 2.24 bits per heavy atom. The van der Waals surface area contributed by atoms with Gasteiger partial charge in [0, 0.05) is 12.6 Å². The lowest BCUT2D eigenvalue weighted by molar-refractivity contribution is -0.176. The topological polar surface area (TPSA) is 45.7 Å². The van der Waals surface area contributed by atoms with Crippen molar-refractivity contribution in [1.82, 2.24) is 10.6 Å². The molecule has 1 rings (SSSR count). The van der Waals surface area contributed by atoms with Crippen LogP contribution in [-0.4, -0.2) is 31.3 Å². The maximum Gasteiger partial charge on any atom is 0.411 e. The van der Waals surface area contributed by atoms with Gasteiger partial charge in [-0.15, -0.1) is 0 Å². The van der Waals surface area contributed by atoms with Gasteiger partial charge in [0.25, 0.3) is 0 Å². The van der Waals surface area contributed by atoms with Crippen LogP contribution in [0, 0.1) is 5.92 Å². The Morgan fingerprint density at radius 1 is 1.12 bits per heavy atom. The van der Waals surface area contributed by atoms with Crippen LogP contribution in [0.5, 0.6) is 0 Å². The van der Waals surface area contributed by atoms with Gasteiger partial charge < -0.3 is 15.4 Å². The average Bonchev–Trinajstić information content (AvgIpc) is 2.52. The van der Waals surface area contributed by atoms with Crippen molar-refractivity contribution in [3.05, 3.63) is 35.4 Å². The monoisotopic (exact) mass is 359 g/mol. The van der Waals surface area contributed by atoms with Crippen molar-refractivity contribution in [3.63, 3.8) is 0 Å². The number of hydrogen-bond acceptors (Lipinski definition) is 2. The van der Waals surface area contributed by atoms with Crippen molar-refractivity contribution in [2.45, 2.75) is 53.1 Å². The summed E-state index contributed by atoms with van der Waals surface area (Å²) in [6.45, 7) is 8.36. The average molecular weight is 359 g/mol. The fourth-order valence-electron chi connectivity index (χ4n) is 1.90. The van der Waals surface area contributed by atoms with Gasteiger partial charge in [-0.05, 0) is 30.9 Å². The molecule has 1 unspecified atom stereocenters. The second kappa shape index (κ2) is 10.3. The van der Waals surface area contributed by atoms with Crippen LogP contribution < -0.4 is 10.6 Å². The molecular formula is C18H28F3N3O. The summed E-state index contributed by atoms with van der Waals surface area (Å²) < 4.78 is 40.8. The Hall–Kier alpha value is -1.76. The Bertz CT molecular complexity index is 527. The molecule has 0 aliphatic carbocycles. The molecule has 0 saturated carbocycles. The quantitative estimate of drug-likeness (QED) is 0.547. The Kier molecular flexibility index (Phi) is 8.75. The molecule has 0 amide bonds. The Labute approximate surface area is 147 Å². The summed E-state index contributed by atoms with van der Waals surface area (Å²) in [4.78, 5) is 4.54. The Balaban J connectivity index is 2.56. The summed E-state index contributed by atoms with van der Waals surface area (Å²) >= 11 is 0. The van der Waals surface area contributed by atoms with Crippen LogP contribution in [-0.2, 0) is 17.9 Å². The normalized spacial score (nSPS) is 13.8. The van der Waals surface area contributed by atoms with Crippen LogP contribution in [0.15, 0.2) is 29.3 Å². The number of rotatable bonds is 8. The lowest BCUT2D eigenvalue weighted by Gasteiger charge is -2.20. The van der Waals surface area contributed by atoms with E-state index in [-0.39, 0.29) is 6.61 Å². The molecule has 1 atom stereocenters. The number of alkyl halides is 3. The number of halogens is 3. The van der Waals surface area contributed by atoms with Crippen molar-refractivity contribution >= 4 is 5.96 Å². The van der Waals surface area contributed by atoms with Gasteiger partial charge >= 0.3 is 6.18 Å². The third-order valence-corrected chi connectivity index (χ3v) is 3.69. The zero-order chi connectivity index (χ0) is 18.9. The van der Waals surface area contributed by atoms with Gasteiger partial charge in [-0.2, -0.15) is 13.2 Å². The summed E-state index contributed by atoms with van der Waals surface area (Å²) in [5.41, 5.74) is 1.68. The standard InChI is InChI=1S/C18H28F3N3O/c1-5-22-17(24-14(4)13(2)3)23-10-15-6-8-16(9-7-15)11-25-12-18(19,20)21/h6-9,13-14H,5,10-12H2,1-4H3,(H2,22,23,24). The first kappa shape index (κ1) is 21.3. The zero-order valence-corrected chi connectivity index (χ0v) is 15.3. The lowest BCUT2D eigenvalue weighted by Crippen LogP contribution is -2.44. The highest BCUT2D eigenvalue weighted by atomic mass is 19.4. The van der Waals surface area contributed by atoms with Crippen LogP contribution in [0.3, 0.4) is 0 Å². The van der Waals surface area contributed by atoms with E-state index in [0.717, 1.165) is 18.1 Å². The maximum absolute atomic E-state index is 12.0. The van der Waals surface area contributed by atoms with Gasteiger partial charge in [0.2, 0.25) is 0 Å². The highest BCUT2D eigenvalue weighted by Crippen LogP contribution is 2.16. The van der Waals surface area contributed by atoms with Crippen LogP contribution in [0.25, 0.3) is 0 Å². The highest BCUT2D eigenvalue weighted by molar-refractivity contribution is 5.80. The molecule has 0 aliphatic rings. The van der Waals surface area contributed by atoms with Crippen molar-refractivity contribution in [2.75, 3.05) is 13.2 Å². The third kappa shape index (κ3) is 9.34. The van der Waals surface area contributed by atoms with Gasteiger partial charge in [0.05, 0.1) is 13.2 Å². The van der Waals surface area contributed by atoms with E-state index in [4.69, 9.17) is 0 Å². The number of ether oxygens (including phenoxy) is 1. The molecule has 0 aromatic heterocycles. The minimum Gasteiger partial charge on any atom is -0.367 e. The molecule has 2 N–H and O–H groups in total. The summed E-state index contributed by atoms with van der Waals surface area (Å²) in [7, 11) is 0. The minimum absolute atomic E-state index is 0.0564. The first-order valence-corrected chi connectivity index (χ1v) is 8.48. The van der Waals surface area contributed by atoms with Gasteiger partial charge in [-0.1, -0.05) is 38.1 Å². The van der Waals surface area contributed by atoms with Crippen LogP contribution in [0.4, 0.5) is 13.2 Å². The number of nitrogens with zero attached hydrogens (tertiary/aromatic N) is 1. The first-order valence-electron chi connectivity index (χ1n) is 8.48. The number of nitrogens with one attached hydrogen (secondary N) is 2. The van der Waals surface area contributed by atoms with Crippen molar-refractivity contribution in [2.24, 2.45) is 10.9 Å². The third-order valence-electron chi connectivity index (χ3n) is 3.69. The maximum atomic E-state index is 12.0. The fraction of sp³-hybridized carbons (Fsp3) is 0.611. The van der Waals surface area contributed by atoms with E-state index in [1.807, 2.05) is 19.1 Å². The predicted molar refractivity (Wildman–Crippen MR) is 94.4 cm³/mol. The summed E-state index contributed by atoms with van der Waals surface area (Å²) in [6.07, 6.45) is -4.29. The highest BCUT2D eigenvalue weighted by Gasteiger charge is 2.27. The van der Waals surface area contributed by atoms with Gasteiger partial charge in [-0.3, -0.25) is 0 Å². The summed E-state index contributed by atoms with van der Waals surface area (Å²) in [5, 5.41) is 6.56. The molecule has 0 saturated heterocycles. The molecule has 142 valence electrons. The van der Waals surface area contributed by atoms with E-state index in [9.17, 15) is 13.2 Å². The second-order valence-corrected chi connectivity index (χ2v) is 6.30. The molecule has 0 spiro atoms. The number of benzene rings is 1. The molecule has 1 aromatic rings. The molecular weight excluding hydrogens is 331 g/mol. The van der Waals surface area contributed by atoms with E-state index in [2.05, 4.69) is 41.1 Å². The largest absolute Gasteiger partial charge is 0.411 e. The van der Waals surface area contributed by atoms with E-state index >= 15 is 0 Å². The molecule has 7 heteroatoms. The van der Waals surface area contributed by atoms with E-state index in [1.165, 1.54) is 0 Å². The predicted octanol–water partition coefficient (Wildman–Crippen LogP) is 3.87. The molecule has 0 bridgehead atoms. The SMILES string of the molecule is CCNC(=NCc1ccc(COCC(F)(F)F)cc1)NC(C)C(C)C. The number of guanidine groups is 1. The van der Waals surface area contributed by atoms with E-state index in [1.54, 1.807) is 12.1 Å². The molecule has 4 nitrogen and oxygen atoms in total. The lowest BCUT2D eigenvalue weighted by atomic mass is 10.1. The molecule has 0 aliphatic heterocycles. The second-order valence-electron chi connectivity index (χ2n) is 6.30. The van der Waals surface area contributed by atoms with Crippen LogP contribution >= 0.6 is 0 Å². The van der Waals surface area contributed by atoms with Gasteiger partial charge in [0.15, 0.2) is 5.96 Å². The van der Waals surface area contributed by atoms with E-state index in [0.29, 0.717) is 24.1 Å². The first-order chi connectivity index (χ1) is 11.7. The smallest absolute Gasteiger partial charge is 0.367 e. The molecule has 0 radical (unpaired) electrons. The van der Waals surface area contributed by atoms with Gasteiger partial charge in [0.1, 0.15) is 6.61 Å². The summed E-state index contributed by atoms with van der Waals surface area (Å²) in [6, 6.07) is 7.53. The van der Waals surface area contributed by atoms with Gasteiger partial charge in [-0.25, -0.2) is 4.99 Å². The summed E-state index contributed by atoms with van der Waals surface area (Å²) in [5.74, 6) is 1.24. The van der Waals surface area contributed by atoms with Crippen molar-refractivity contribution < 1.29 is 17.9 Å². The van der Waals surface area contributed by atoms with Crippen LogP contribution in [0.2, 0.25) is 0 Å². The molecule has 25 heavy (non-hydrogen) atoms. The number of aliphatic imine (C=N–C) groups is 1. The molecule has 0 fully saturated rings. The Morgan fingerprint density at radius 2 is 1.72 bits per heavy atom. The molecule has 0 heterocycles. The van der Waals surface area contributed by atoms with Crippen molar-refractivity contribution in [1.29, 1.82) is 0 Å². The molecule has 1 aromatic carbocycles. The number of hydrogen-bond donors (Lipinski definition) is 2. The van der Waals surface area contributed by atoms with E-state index < -0.39 is 12.8 Å². The fourth-order valence-corrected chi connectivity index (χ4v) is 1.90. The van der Waals surface area contributed by atoms with Crippen LogP contribution in [0.1, 0.15) is 38.8 Å². The zero-order valence-electron chi connectivity index (χ0n) is 15.3.